The third kappa shape index (κ3) is 3.26. The van der Waals surface area contributed by atoms with Crippen LogP contribution in [0.5, 0.6) is 0 Å². The lowest BCUT2D eigenvalue weighted by Crippen LogP contribution is -2.24. The number of hydrogen-bond acceptors (Lipinski definition) is 5. The van der Waals surface area contributed by atoms with Gasteiger partial charge in [-0.3, -0.25) is 14.8 Å². The number of nitrogens with zero attached hydrogens (tertiary/aromatic N) is 4. The summed E-state index contributed by atoms with van der Waals surface area (Å²) in [6.45, 7) is 2.76. The number of H-pyrrole nitrogens is 1. The zero-order chi connectivity index (χ0) is 17.1. The average molecular weight is 328 g/mol. The first-order valence-corrected chi connectivity index (χ1v) is 8.19. The second-order valence-corrected chi connectivity index (χ2v) is 6.38. The molecule has 1 fully saturated rings. The van der Waals surface area contributed by atoms with Gasteiger partial charge in [-0.25, -0.2) is 4.98 Å². The van der Waals surface area contributed by atoms with Crippen LogP contribution in [0.25, 0.3) is 0 Å². The van der Waals surface area contributed by atoms with E-state index in [4.69, 9.17) is 0 Å². The van der Waals surface area contributed by atoms with E-state index in [2.05, 4.69) is 31.5 Å². The van der Waals surface area contributed by atoms with E-state index in [1.54, 1.807) is 31.4 Å². The fraction of sp³-hybridized carbons (Fsp3) is 0.471. The number of anilines is 1. The average Bonchev–Trinajstić information content (AvgIpc) is 3.23. The van der Waals surface area contributed by atoms with Gasteiger partial charge in [-0.05, 0) is 19.0 Å². The Hall–Kier alpha value is -2.41. The van der Waals surface area contributed by atoms with E-state index in [0.717, 1.165) is 37.6 Å². The number of pyridine rings is 1. The van der Waals surface area contributed by atoms with Crippen molar-refractivity contribution in [1.29, 1.82) is 0 Å². The van der Waals surface area contributed by atoms with E-state index in [0.29, 0.717) is 11.5 Å². The van der Waals surface area contributed by atoms with Crippen LogP contribution in [0.1, 0.15) is 34.0 Å². The van der Waals surface area contributed by atoms with Gasteiger partial charge in [-0.15, -0.1) is 0 Å². The van der Waals surface area contributed by atoms with Crippen molar-refractivity contribution in [2.75, 3.05) is 39.5 Å². The molecule has 2 aromatic rings. The fourth-order valence-corrected chi connectivity index (χ4v) is 3.26. The van der Waals surface area contributed by atoms with Crippen molar-refractivity contribution in [3.63, 3.8) is 0 Å². The minimum Gasteiger partial charge on any atom is -0.373 e. The standard InChI is InChI=1S/C17H24N6O/c1-18-16-13(5-4-7-19-16)11-23-8-6-12(10-23)15-14(9-20-21-15)17(24)22(2)3/h4-5,7,9,12H,6,8,10-11H2,1-3H3,(H,18,19)(H,20,21). The highest BCUT2D eigenvalue weighted by atomic mass is 16.2. The second-order valence-electron chi connectivity index (χ2n) is 6.38. The van der Waals surface area contributed by atoms with E-state index in [-0.39, 0.29) is 5.91 Å². The van der Waals surface area contributed by atoms with E-state index >= 15 is 0 Å². The van der Waals surface area contributed by atoms with Gasteiger partial charge in [0.05, 0.1) is 17.5 Å². The van der Waals surface area contributed by atoms with Crippen LogP contribution in [-0.2, 0) is 6.54 Å². The summed E-state index contributed by atoms with van der Waals surface area (Å²) < 4.78 is 0. The number of hydrogen-bond donors (Lipinski definition) is 2. The molecule has 128 valence electrons. The molecule has 7 heteroatoms. The number of carbonyl (C=O) groups is 1. The zero-order valence-corrected chi connectivity index (χ0v) is 14.4. The molecular weight excluding hydrogens is 304 g/mol. The molecule has 0 aromatic carbocycles. The maximum atomic E-state index is 12.3. The van der Waals surface area contributed by atoms with Gasteiger partial charge in [-0.1, -0.05) is 6.07 Å². The van der Waals surface area contributed by atoms with Gasteiger partial charge in [0.15, 0.2) is 0 Å². The van der Waals surface area contributed by atoms with Crippen LogP contribution in [0.15, 0.2) is 24.5 Å². The van der Waals surface area contributed by atoms with Gasteiger partial charge in [0.2, 0.25) is 0 Å². The van der Waals surface area contributed by atoms with Gasteiger partial charge in [0, 0.05) is 51.9 Å². The molecule has 0 saturated carbocycles. The number of nitrogens with one attached hydrogen (secondary N) is 2. The van der Waals surface area contributed by atoms with E-state index in [9.17, 15) is 4.79 Å². The van der Waals surface area contributed by atoms with Gasteiger partial charge < -0.3 is 10.2 Å². The summed E-state index contributed by atoms with van der Waals surface area (Å²) in [5.74, 6) is 1.23. The SMILES string of the molecule is CNc1ncccc1CN1CCC(c2[nH]ncc2C(=O)N(C)C)C1. The molecule has 7 nitrogen and oxygen atoms in total. The summed E-state index contributed by atoms with van der Waals surface area (Å²) in [4.78, 5) is 20.6. The second kappa shape index (κ2) is 7.00. The predicted octanol–water partition coefficient (Wildman–Crippen LogP) is 1.54. The largest absolute Gasteiger partial charge is 0.373 e. The van der Waals surface area contributed by atoms with E-state index < -0.39 is 0 Å². The Morgan fingerprint density at radius 1 is 1.50 bits per heavy atom. The normalized spacial score (nSPS) is 17.9. The first kappa shape index (κ1) is 16.4. The quantitative estimate of drug-likeness (QED) is 0.870. The highest BCUT2D eigenvalue weighted by Crippen LogP contribution is 2.30. The lowest BCUT2D eigenvalue weighted by Gasteiger charge is -2.18. The Labute approximate surface area is 142 Å². The van der Waals surface area contributed by atoms with Crippen molar-refractivity contribution in [1.82, 2.24) is 25.0 Å². The minimum absolute atomic E-state index is 0.00179. The lowest BCUT2D eigenvalue weighted by atomic mass is 10.0. The predicted molar refractivity (Wildman–Crippen MR) is 93.0 cm³/mol. The maximum Gasteiger partial charge on any atom is 0.256 e. The fourth-order valence-electron chi connectivity index (χ4n) is 3.26. The Balaban J connectivity index is 1.70. The van der Waals surface area contributed by atoms with Crippen LogP contribution in [0.4, 0.5) is 5.82 Å². The number of aromatic amines is 1. The van der Waals surface area contributed by atoms with Crippen LogP contribution >= 0.6 is 0 Å². The third-order valence-electron chi connectivity index (χ3n) is 4.51. The van der Waals surface area contributed by atoms with Crippen molar-refractivity contribution in [2.24, 2.45) is 0 Å². The molecule has 1 aliphatic heterocycles. The molecule has 0 radical (unpaired) electrons. The van der Waals surface area contributed by atoms with Gasteiger partial charge in [0.25, 0.3) is 5.91 Å². The van der Waals surface area contributed by atoms with Crippen molar-refractivity contribution in [2.45, 2.75) is 18.9 Å². The van der Waals surface area contributed by atoms with Crippen molar-refractivity contribution in [3.05, 3.63) is 41.3 Å². The summed E-state index contributed by atoms with van der Waals surface area (Å²) in [6.07, 6.45) is 4.46. The number of aromatic nitrogens is 3. The molecule has 3 heterocycles. The van der Waals surface area contributed by atoms with Crippen LogP contribution in [0.3, 0.4) is 0 Å². The molecule has 1 aliphatic rings. The monoisotopic (exact) mass is 328 g/mol. The number of carbonyl (C=O) groups excluding carboxylic acids is 1. The maximum absolute atomic E-state index is 12.3. The summed E-state index contributed by atoms with van der Waals surface area (Å²) in [7, 11) is 5.42. The topological polar surface area (TPSA) is 77.1 Å². The van der Waals surface area contributed by atoms with Crippen LogP contribution in [0.2, 0.25) is 0 Å². The number of amides is 1. The first-order chi connectivity index (χ1) is 11.6. The number of rotatable bonds is 5. The van der Waals surface area contributed by atoms with Gasteiger partial charge >= 0.3 is 0 Å². The molecule has 0 spiro atoms. The molecule has 2 N–H and O–H groups in total. The zero-order valence-electron chi connectivity index (χ0n) is 14.4. The number of likely N-dealkylation sites (tertiary alicyclic amines) is 1. The third-order valence-corrected chi connectivity index (χ3v) is 4.51. The Kier molecular flexibility index (Phi) is 4.80. The Bertz CT molecular complexity index is 711. The Morgan fingerprint density at radius 3 is 3.08 bits per heavy atom. The van der Waals surface area contributed by atoms with Crippen molar-refractivity contribution < 1.29 is 4.79 Å². The van der Waals surface area contributed by atoms with E-state index in [1.165, 1.54) is 5.56 Å². The minimum atomic E-state index is 0.00179. The molecule has 3 rings (SSSR count). The smallest absolute Gasteiger partial charge is 0.256 e. The highest BCUT2D eigenvalue weighted by molar-refractivity contribution is 5.94. The van der Waals surface area contributed by atoms with E-state index in [1.807, 2.05) is 13.1 Å². The molecule has 1 atom stereocenters. The molecular formula is C17H24N6O. The molecule has 1 unspecified atom stereocenters. The molecule has 1 saturated heterocycles. The van der Waals surface area contributed by atoms with Crippen LogP contribution < -0.4 is 5.32 Å². The highest BCUT2D eigenvalue weighted by Gasteiger charge is 2.29. The summed E-state index contributed by atoms with van der Waals surface area (Å²) in [5.41, 5.74) is 2.83. The molecule has 2 aromatic heterocycles. The van der Waals surface area contributed by atoms with Gasteiger partial charge in [0.1, 0.15) is 5.82 Å². The summed E-state index contributed by atoms with van der Waals surface area (Å²) >= 11 is 0. The van der Waals surface area contributed by atoms with Crippen molar-refractivity contribution >= 4 is 11.7 Å². The molecule has 0 bridgehead atoms. The molecule has 0 aliphatic carbocycles. The Morgan fingerprint density at radius 2 is 2.33 bits per heavy atom. The summed E-state index contributed by atoms with van der Waals surface area (Å²) in [5, 5.41) is 10.3. The van der Waals surface area contributed by atoms with Crippen molar-refractivity contribution in [3.8, 4) is 0 Å². The lowest BCUT2D eigenvalue weighted by molar-refractivity contribution is 0.0826. The summed E-state index contributed by atoms with van der Waals surface area (Å²) in [6, 6.07) is 4.07. The van der Waals surface area contributed by atoms with Crippen LogP contribution in [-0.4, -0.2) is 65.1 Å². The molecule has 1 amide bonds. The first-order valence-electron chi connectivity index (χ1n) is 8.19. The molecule has 24 heavy (non-hydrogen) atoms. The van der Waals surface area contributed by atoms with Gasteiger partial charge in [-0.2, -0.15) is 5.10 Å². The van der Waals surface area contributed by atoms with Crippen LogP contribution in [0, 0.1) is 0 Å².